The molecule has 6 nitrogen and oxygen atoms in total. The molecule has 2 heterocycles. The van der Waals surface area contributed by atoms with Gasteiger partial charge in [-0.05, 0) is 24.3 Å². The number of carbonyl (C=O) groups excluding carboxylic acids is 1. The molecule has 0 N–H and O–H groups in total. The molecule has 1 saturated heterocycles. The second kappa shape index (κ2) is 7.00. The summed E-state index contributed by atoms with van der Waals surface area (Å²) >= 11 is 0. The van der Waals surface area contributed by atoms with Crippen molar-refractivity contribution in [3.8, 4) is 0 Å². The topological polar surface area (TPSA) is 58.4 Å². The molecule has 132 valence electrons. The van der Waals surface area contributed by atoms with Crippen molar-refractivity contribution in [1.29, 1.82) is 0 Å². The Labute approximate surface area is 151 Å². The summed E-state index contributed by atoms with van der Waals surface area (Å²) in [6, 6.07) is 17.6. The highest BCUT2D eigenvalue weighted by Crippen LogP contribution is 2.16. The van der Waals surface area contributed by atoms with Crippen LogP contribution in [0.3, 0.4) is 0 Å². The van der Waals surface area contributed by atoms with Gasteiger partial charge < -0.3 is 9.80 Å². The first-order valence-electron chi connectivity index (χ1n) is 8.75. The summed E-state index contributed by atoms with van der Waals surface area (Å²) in [5.74, 6) is -0.0313. The van der Waals surface area contributed by atoms with Crippen molar-refractivity contribution < 1.29 is 4.79 Å². The Bertz CT molecular complexity index is 976. The van der Waals surface area contributed by atoms with Crippen LogP contribution in [0.2, 0.25) is 0 Å². The van der Waals surface area contributed by atoms with Crippen molar-refractivity contribution >= 4 is 22.6 Å². The van der Waals surface area contributed by atoms with Gasteiger partial charge in [-0.15, -0.1) is 0 Å². The third-order valence-electron chi connectivity index (χ3n) is 4.80. The van der Waals surface area contributed by atoms with E-state index in [0.29, 0.717) is 24.1 Å². The van der Waals surface area contributed by atoms with Crippen LogP contribution in [0.25, 0.3) is 11.0 Å². The fourth-order valence-corrected chi connectivity index (χ4v) is 3.37. The van der Waals surface area contributed by atoms with Gasteiger partial charge in [0.05, 0.1) is 17.2 Å². The molecule has 1 aliphatic heterocycles. The quantitative estimate of drug-likeness (QED) is 0.724. The Balaban J connectivity index is 1.47. The van der Waals surface area contributed by atoms with Gasteiger partial charge in [-0.2, -0.15) is 0 Å². The summed E-state index contributed by atoms with van der Waals surface area (Å²) in [4.78, 5) is 33.2. The van der Waals surface area contributed by atoms with Crippen molar-refractivity contribution in [3.05, 3.63) is 71.1 Å². The molecule has 0 aliphatic carbocycles. The molecule has 26 heavy (non-hydrogen) atoms. The number of carbonyl (C=O) groups is 1. The number of amides is 1. The number of para-hydroxylation sites is 3. The van der Waals surface area contributed by atoms with Crippen LogP contribution in [-0.2, 0) is 11.3 Å². The van der Waals surface area contributed by atoms with Gasteiger partial charge in [0, 0.05) is 31.9 Å². The van der Waals surface area contributed by atoms with Gasteiger partial charge in [-0.1, -0.05) is 30.3 Å². The first-order chi connectivity index (χ1) is 12.7. The summed E-state index contributed by atoms with van der Waals surface area (Å²) in [7, 11) is 0. The molecule has 3 aromatic rings. The van der Waals surface area contributed by atoms with E-state index in [0.717, 1.165) is 13.1 Å². The average Bonchev–Trinajstić information content (AvgIpc) is 2.71. The second-order valence-corrected chi connectivity index (χ2v) is 6.37. The summed E-state index contributed by atoms with van der Waals surface area (Å²) in [6.07, 6.45) is 1.28. The first-order valence-corrected chi connectivity index (χ1v) is 8.75. The lowest BCUT2D eigenvalue weighted by Gasteiger charge is -2.36. The first kappa shape index (κ1) is 16.3. The maximum Gasteiger partial charge on any atom is 0.269 e. The van der Waals surface area contributed by atoms with Crippen LogP contribution < -0.4 is 10.5 Å². The fourth-order valence-electron chi connectivity index (χ4n) is 3.37. The molecule has 1 amide bonds. The van der Waals surface area contributed by atoms with Crippen LogP contribution >= 0.6 is 0 Å². The number of nitrogens with zero attached hydrogens (tertiary/aromatic N) is 4. The van der Waals surface area contributed by atoms with Crippen molar-refractivity contribution in [3.63, 3.8) is 0 Å². The van der Waals surface area contributed by atoms with Gasteiger partial charge >= 0.3 is 0 Å². The molecule has 0 bridgehead atoms. The van der Waals surface area contributed by atoms with E-state index < -0.39 is 0 Å². The molecule has 4 rings (SSSR count). The van der Waals surface area contributed by atoms with E-state index in [-0.39, 0.29) is 18.0 Å². The Morgan fingerprint density at radius 3 is 2.38 bits per heavy atom. The number of benzene rings is 2. The highest BCUT2D eigenvalue weighted by Gasteiger charge is 2.22. The van der Waals surface area contributed by atoms with Gasteiger partial charge in [0.1, 0.15) is 6.54 Å². The Morgan fingerprint density at radius 2 is 1.62 bits per heavy atom. The number of fused-ring (bicyclic) bond motifs is 1. The van der Waals surface area contributed by atoms with E-state index in [4.69, 9.17) is 0 Å². The van der Waals surface area contributed by atoms with Crippen LogP contribution in [0.5, 0.6) is 0 Å². The number of rotatable bonds is 3. The Kier molecular flexibility index (Phi) is 4.39. The smallest absolute Gasteiger partial charge is 0.269 e. The lowest BCUT2D eigenvalue weighted by atomic mass is 10.2. The third kappa shape index (κ3) is 3.18. The average molecular weight is 348 g/mol. The summed E-state index contributed by atoms with van der Waals surface area (Å²) in [5, 5.41) is 0. The van der Waals surface area contributed by atoms with Crippen molar-refractivity contribution in [2.75, 3.05) is 31.1 Å². The number of hydrogen-bond acceptors (Lipinski definition) is 4. The summed E-state index contributed by atoms with van der Waals surface area (Å²) in [6.45, 7) is 2.95. The van der Waals surface area contributed by atoms with Crippen LogP contribution in [0, 0.1) is 0 Å². The molecule has 1 fully saturated rings. The van der Waals surface area contributed by atoms with E-state index in [1.165, 1.54) is 16.5 Å². The lowest BCUT2D eigenvalue weighted by molar-refractivity contribution is -0.132. The predicted octanol–water partition coefficient (Wildman–Crippen LogP) is 1.75. The van der Waals surface area contributed by atoms with Crippen LogP contribution in [-0.4, -0.2) is 46.5 Å². The van der Waals surface area contributed by atoms with Crippen LogP contribution in [0.15, 0.2) is 65.6 Å². The molecule has 1 aliphatic rings. The van der Waals surface area contributed by atoms with Crippen molar-refractivity contribution in [1.82, 2.24) is 14.5 Å². The molecule has 0 spiro atoms. The van der Waals surface area contributed by atoms with Gasteiger partial charge in [0.2, 0.25) is 5.91 Å². The fraction of sp³-hybridized carbons (Fsp3) is 0.250. The third-order valence-corrected chi connectivity index (χ3v) is 4.80. The zero-order chi connectivity index (χ0) is 17.9. The van der Waals surface area contributed by atoms with E-state index in [1.807, 2.05) is 47.4 Å². The standard InChI is InChI=1S/C20H20N4O2/c25-19-14-21-17-8-4-5-9-18(17)24(19)15-20(26)23-12-10-22(11-13-23)16-6-2-1-3-7-16/h1-9,14H,10-13,15H2. The minimum atomic E-state index is -0.250. The maximum atomic E-state index is 12.7. The number of aromatic nitrogens is 2. The van der Waals surface area contributed by atoms with Crippen molar-refractivity contribution in [2.45, 2.75) is 6.54 Å². The van der Waals surface area contributed by atoms with Gasteiger partial charge in [0.25, 0.3) is 5.56 Å². The Hall–Kier alpha value is -3.15. The zero-order valence-electron chi connectivity index (χ0n) is 14.4. The largest absolute Gasteiger partial charge is 0.368 e. The summed E-state index contributed by atoms with van der Waals surface area (Å²) < 4.78 is 1.51. The van der Waals surface area contributed by atoms with E-state index in [2.05, 4.69) is 22.0 Å². The minimum absolute atomic E-state index is 0.0313. The second-order valence-electron chi connectivity index (χ2n) is 6.37. The van der Waals surface area contributed by atoms with Gasteiger partial charge in [0.15, 0.2) is 0 Å². The molecular weight excluding hydrogens is 328 g/mol. The van der Waals surface area contributed by atoms with Crippen LogP contribution in [0.4, 0.5) is 5.69 Å². The van der Waals surface area contributed by atoms with E-state index in [1.54, 1.807) is 0 Å². The van der Waals surface area contributed by atoms with Crippen molar-refractivity contribution in [2.24, 2.45) is 0 Å². The van der Waals surface area contributed by atoms with Crippen LogP contribution in [0.1, 0.15) is 0 Å². The highest BCUT2D eigenvalue weighted by atomic mass is 16.2. The molecule has 0 unspecified atom stereocenters. The van der Waals surface area contributed by atoms with Gasteiger partial charge in [-0.25, -0.2) is 4.98 Å². The Morgan fingerprint density at radius 1 is 0.923 bits per heavy atom. The van der Waals surface area contributed by atoms with E-state index in [9.17, 15) is 9.59 Å². The number of piperazine rings is 1. The normalized spacial score (nSPS) is 14.6. The molecule has 0 radical (unpaired) electrons. The SMILES string of the molecule is O=C(Cn1c(=O)cnc2ccccc21)N1CCN(c2ccccc2)CC1. The molecule has 1 aromatic heterocycles. The monoisotopic (exact) mass is 348 g/mol. The number of hydrogen-bond donors (Lipinski definition) is 0. The molecule has 0 atom stereocenters. The van der Waals surface area contributed by atoms with E-state index >= 15 is 0 Å². The molecular formula is C20H20N4O2. The zero-order valence-corrected chi connectivity index (χ0v) is 14.4. The van der Waals surface area contributed by atoms with Gasteiger partial charge in [-0.3, -0.25) is 14.2 Å². The molecule has 0 saturated carbocycles. The molecule has 6 heteroatoms. The lowest BCUT2D eigenvalue weighted by Crippen LogP contribution is -2.50. The minimum Gasteiger partial charge on any atom is -0.368 e. The maximum absolute atomic E-state index is 12.7. The predicted molar refractivity (Wildman–Crippen MR) is 101 cm³/mol. The summed E-state index contributed by atoms with van der Waals surface area (Å²) in [5.41, 5.74) is 2.33. The molecule has 2 aromatic carbocycles. The highest BCUT2D eigenvalue weighted by molar-refractivity contribution is 5.80. The number of anilines is 1.